The number of nitrogens with zero attached hydrogens (tertiary/aromatic N) is 1. The average Bonchev–Trinajstić information content (AvgIpc) is 2.75. The van der Waals surface area contributed by atoms with Crippen molar-refractivity contribution in [3.63, 3.8) is 0 Å². The van der Waals surface area contributed by atoms with Crippen LogP contribution < -0.4 is 5.32 Å². The maximum Gasteiger partial charge on any atom is 0.256 e. The Morgan fingerprint density at radius 1 is 0.897 bits per heavy atom. The molecule has 1 heterocycles. The number of carbonyl (C=O) groups is 1. The Hall–Kier alpha value is -3.46. The van der Waals surface area contributed by atoms with Crippen LogP contribution in [0.2, 0.25) is 0 Å². The van der Waals surface area contributed by atoms with Gasteiger partial charge in [0.25, 0.3) is 5.91 Å². The minimum atomic E-state index is -0.127. The standard InChI is InChI=1S/C26H24N2O/c1-4-19-10-13-21(14-11-19)27-26(29)23-16-25(20-12-9-17(2)18(3)15-20)28-24-8-6-5-7-22(23)24/h5-16H,4H2,1-3H3,(H,27,29). The third-order valence-corrected chi connectivity index (χ3v) is 5.38. The van der Waals surface area contributed by atoms with Crippen molar-refractivity contribution in [3.05, 3.63) is 95.1 Å². The van der Waals surface area contributed by atoms with Crippen molar-refractivity contribution in [2.45, 2.75) is 27.2 Å². The number of hydrogen-bond donors (Lipinski definition) is 1. The van der Waals surface area contributed by atoms with Gasteiger partial charge < -0.3 is 5.32 Å². The normalized spacial score (nSPS) is 10.9. The fourth-order valence-corrected chi connectivity index (χ4v) is 3.43. The third-order valence-electron chi connectivity index (χ3n) is 5.38. The molecule has 3 nitrogen and oxygen atoms in total. The summed E-state index contributed by atoms with van der Waals surface area (Å²) >= 11 is 0. The average molecular weight is 380 g/mol. The van der Waals surface area contributed by atoms with Crippen LogP contribution in [0.4, 0.5) is 5.69 Å². The lowest BCUT2D eigenvalue weighted by Gasteiger charge is -2.12. The number of nitrogens with one attached hydrogen (secondary N) is 1. The van der Waals surface area contributed by atoms with Crippen LogP contribution in [0.1, 0.15) is 34.0 Å². The summed E-state index contributed by atoms with van der Waals surface area (Å²) in [5, 5.41) is 3.88. The maximum absolute atomic E-state index is 13.1. The van der Waals surface area contributed by atoms with E-state index in [9.17, 15) is 4.79 Å². The summed E-state index contributed by atoms with van der Waals surface area (Å²) in [7, 11) is 0. The fourth-order valence-electron chi connectivity index (χ4n) is 3.43. The van der Waals surface area contributed by atoms with Crippen LogP contribution in [0.25, 0.3) is 22.2 Å². The molecule has 0 unspecified atom stereocenters. The number of amides is 1. The first kappa shape index (κ1) is 18.9. The molecule has 144 valence electrons. The fraction of sp³-hybridized carbons (Fsp3) is 0.154. The molecule has 0 aliphatic carbocycles. The molecule has 1 amide bonds. The molecule has 1 N–H and O–H groups in total. The van der Waals surface area contributed by atoms with Gasteiger partial charge in [-0.3, -0.25) is 4.79 Å². The quantitative estimate of drug-likeness (QED) is 0.449. The zero-order valence-electron chi connectivity index (χ0n) is 17.0. The van der Waals surface area contributed by atoms with Gasteiger partial charge in [0.1, 0.15) is 0 Å². The molecule has 1 aromatic heterocycles. The van der Waals surface area contributed by atoms with Gasteiger partial charge in [0.15, 0.2) is 0 Å². The lowest BCUT2D eigenvalue weighted by Crippen LogP contribution is -2.13. The van der Waals surface area contributed by atoms with Gasteiger partial charge in [-0.05, 0) is 67.3 Å². The van der Waals surface area contributed by atoms with Crippen molar-refractivity contribution < 1.29 is 4.79 Å². The number of hydrogen-bond acceptors (Lipinski definition) is 2. The number of rotatable bonds is 4. The first-order valence-electron chi connectivity index (χ1n) is 9.93. The largest absolute Gasteiger partial charge is 0.322 e. The van der Waals surface area contributed by atoms with Gasteiger partial charge >= 0.3 is 0 Å². The molecule has 3 aromatic carbocycles. The van der Waals surface area contributed by atoms with Gasteiger partial charge in [-0.15, -0.1) is 0 Å². The van der Waals surface area contributed by atoms with Gasteiger partial charge in [0.05, 0.1) is 16.8 Å². The summed E-state index contributed by atoms with van der Waals surface area (Å²) in [6, 6.07) is 23.9. The monoisotopic (exact) mass is 380 g/mol. The van der Waals surface area contributed by atoms with Crippen LogP contribution in [-0.4, -0.2) is 10.9 Å². The molecule has 0 aliphatic heterocycles. The van der Waals surface area contributed by atoms with Gasteiger partial charge in [-0.1, -0.05) is 49.4 Å². The topological polar surface area (TPSA) is 42.0 Å². The highest BCUT2D eigenvalue weighted by Gasteiger charge is 2.14. The highest BCUT2D eigenvalue weighted by molar-refractivity contribution is 6.13. The first-order valence-corrected chi connectivity index (χ1v) is 9.93. The smallest absolute Gasteiger partial charge is 0.256 e. The van der Waals surface area contributed by atoms with Gasteiger partial charge in [-0.2, -0.15) is 0 Å². The van der Waals surface area contributed by atoms with E-state index in [0.29, 0.717) is 5.56 Å². The number of anilines is 1. The van der Waals surface area contributed by atoms with Crippen molar-refractivity contribution in [1.82, 2.24) is 4.98 Å². The maximum atomic E-state index is 13.1. The van der Waals surface area contributed by atoms with Gasteiger partial charge in [0.2, 0.25) is 0 Å². The molecular formula is C26H24N2O. The molecule has 3 heteroatoms. The molecular weight excluding hydrogens is 356 g/mol. The summed E-state index contributed by atoms with van der Waals surface area (Å²) in [6.45, 7) is 6.30. The van der Waals surface area contributed by atoms with Crippen LogP contribution in [-0.2, 0) is 6.42 Å². The van der Waals surface area contributed by atoms with Crippen LogP contribution in [0.15, 0.2) is 72.8 Å². The van der Waals surface area contributed by atoms with E-state index in [1.54, 1.807) is 0 Å². The van der Waals surface area contributed by atoms with E-state index < -0.39 is 0 Å². The number of pyridine rings is 1. The molecule has 0 atom stereocenters. The molecule has 0 radical (unpaired) electrons. The van der Waals surface area contributed by atoms with Crippen molar-refractivity contribution in [2.75, 3.05) is 5.32 Å². The Labute approximate surface area is 171 Å². The van der Waals surface area contributed by atoms with Crippen molar-refractivity contribution in [1.29, 1.82) is 0 Å². The summed E-state index contributed by atoms with van der Waals surface area (Å²) in [4.78, 5) is 18.0. The van der Waals surface area contributed by atoms with E-state index in [2.05, 4.69) is 44.3 Å². The zero-order valence-corrected chi connectivity index (χ0v) is 17.0. The molecule has 0 spiro atoms. The molecule has 0 fully saturated rings. The second kappa shape index (κ2) is 7.88. The zero-order chi connectivity index (χ0) is 20.4. The second-order valence-corrected chi connectivity index (χ2v) is 7.38. The minimum absolute atomic E-state index is 0.127. The molecule has 29 heavy (non-hydrogen) atoms. The Balaban J connectivity index is 1.77. The first-order chi connectivity index (χ1) is 14.0. The van der Waals surface area contributed by atoms with E-state index in [1.165, 1.54) is 16.7 Å². The van der Waals surface area contributed by atoms with Crippen LogP contribution in [0, 0.1) is 13.8 Å². The van der Waals surface area contributed by atoms with E-state index >= 15 is 0 Å². The van der Waals surface area contributed by atoms with Crippen LogP contribution in [0.5, 0.6) is 0 Å². The summed E-state index contributed by atoms with van der Waals surface area (Å²) < 4.78 is 0. The molecule has 0 bridgehead atoms. The highest BCUT2D eigenvalue weighted by atomic mass is 16.1. The van der Waals surface area contributed by atoms with Crippen molar-refractivity contribution >= 4 is 22.5 Å². The third kappa shape index (κ3) is 3.90. The Morgan fingerprint density at radius 2 is 1.66 bits per heavy atom. The number of para-hydroxylation sites is 1. The number of benzene rings is 3. The van der Waals surface area contributed by atoms with Crippen molar-refractivity contribution in [3.8, 4) is 11.3 Å². The predicted molar refractivity (Wildman–Crippen MR) is 120 cm³/mol. The van der Waals surface area contributed by atoms with E-state index in [4.69, 9.17) is 4.98 Å². The van der Waals surface area contributed by atoms with Crippen LogP contribution >= 0.6 is 0 Å². The van der Waals surface area contributed by atoms with E-state index in [1.807, 2.05) is 54.6 Å². The summed E-state index contributed by atoms with van der Waals surface area (Å²) in [6.07, 6.45) is 0.975. The number of fused-ring (bicyclic) bond motifs is 1. The highest BCUT2D eigenvalue weighted by Crippen LogP contribution is 2.27. The summed E-state index contributed by atoms with van der Waals surface area (Å²) in [5.74, 6) is -0.127. The lowest BCUT2D eigenvalue weighted by atomic mass is 10.0. The molecule has 0 saturated heterocycles. The molecule has 0 saturated carbocycles. The SMILES string of the molecule is CCc1ccc(NC(=O)c2cc(-c3ccc(C)c(C)c3)nc3ccccc23)cc1. The molecule has 4 aromatic rings. The second-order valence-electron chi connectivity index (χ2n) is 7.38. The van der Waals surface area contributed by atoms with E-state index in [-0.39, 0.29) is 5.91 Å². The Kier molecular flexibility index (Phi) is 5.13. The molecule has 4 rings (SSSR count). The Bertz CT molecular complexity index is 1190. The van der Waals surface area contributed by atoms with Gasteiger partial charge in [-0.25, -0.2) is 4.98 Å². The van der Waals surface area contributed by atoms with Crippen LogP contribution in [0.3, 0.4) is 0 Å². The lowest BCUT2D eigenvalue weighted by molar-refractivity contribution is 0.102. The Morgan fingerprint density at radius 3 is 2.38 bits per heavy atom. The van der Waals surface area contributed by atoms with Gasteiger partial charge in [0, 0.05) is 16.6 Å². The van der Waals surface area contributed by atoms with Crippen molar-refractivity contribution in [2.24, 2.45) is 0 Å². The summed E-state index contributed by atoms with van der Waals surface area (Å²) in [5.41, 5.74) is 7.74. The minimum Gasteiger partial charge on any atom is -0.322 e. The van der Waals surface area contributed by atoms with E-state index in [0.717, 1.165) is 34.3 Å². The number of carbonyl (C=O) groups excluding carboxylic acids is 1. The molecule has 0 aliphatic rings. The number of aryl methyl sites for hydroxylation is 3. The number of aromatic nitrogens is 1. The predicted octanol–water partition coefficient (Wildman–Crippen LogP) is 6.33.